The summed E-state index contributed by atoms with van der Waals surface area (Å²) in [6, 6.07) is 0. The summed E-state index contributed by atoms with van der Waals surface area (Å²) in [5, 5.41) is 1.24. The summed E-state index contributed by atoms with van der Waals surface area (Å²) in [5.74, 6) is 11.0. The fourth-order valence-electron chi connectivity index (χ4n) is 9.57. The Morgan fingerprint density at radius 3 is 0.886 bits per heavy atom. The summed E-state index contributed by atoms with van der Waals surface area (Å²) in [6.07, 6.45) is 34.2. The summed E-state index contributed by atoms with van der Waals surface area (Å²) in [5.41, 5.74) is 0. The molecule has 0 bridgehead atoms. The van der Waals surface area contributed by atoms with Gasteiger partial charge in [0.15, 0.2) is 0 Å². The standard InChI is InChI=1S/C17H29Br.C17H30/c18-12-13-4-6-15(7-5-13)17-10-8-16(9-11-17)14-2-1-3-14;1-13-5-7-15(8-6-13)17-11-9-16(10-12-17)14-3-2-4-14/h13-17H,1-12H2;13-17H,2-12H2,1H3. The first kappa shape index (κ1) is 27.1. The van der Waals surface area contributed by atoms with E-state index in [1.165, 1.54) is 56.7 Å². The Balaban J connectivity index is 0.000000145. The van der Waals surface area contributed by atoms with E-state index < -0.39 is 0 Å². The second-order valence-electron chi connectivity index (χ2n) is 14.7. The summed E-state index contributed by atoms with van der Waals surface area (Å²) in [4.78, 5) is 0. The highest BCUT2D eigenvalue weighted by atomic mass is 79.9. The van der Waals surface area contributed by atoms with Gasteiger partial charge in [-0.05, 0) is 149 Å². The molecule has 6 aliphatic rings. The Morgan fingerprint density at radius 1 is 0.371 bits per heavy atom. The van der Waals surface area contributed by atoms with Crippen LogP contribution in [0.4, 0.5) is 0 Å². The molecule has 0 heterocycles. The lowest BCUT2D eigenvalue weighted by atomic mass is 9.64. The lowest BCUT2D eigenvalue weighted by Crippen LogP contribution is -2.30. The minimum absolute atomic E-state index is 0.993. The summed E-state index contributed by atoms with van der Waals surface area (Å²) in [6.45, 7) is 2.45. The van der Waals surface area contributed by atoms with Gasteiger partial charge in [-0.1, -0.05) is 74.2 Å². The van der Waals surface area contributed by atoms with Crippen molar-refractivity contribution >= 4 is 15.9 Å². The second kappa shape index (κ2) is 13.5. The molecule has 0 nitrogen and oxygen atoms in total. The number of hydrogen-bond acceptors (Lipinski definition) is 0. The molecule has 0 aromatic carbocycles. The topological polar surface area (TPSA) is 0 Å². The van der Waals surface area contributed by atoms with Gasteiger partial charge in [-0.3, -0.25) is 0 Å². The van der Waals surface area contributed by atoms with Gasteiger partial charge in [0.2, 0.25) is 0 Å². The summed E-state index contributed by atoms with van der Waals surface area (Å²) >= 11 is 3.66. The van der Waals surface area contributed by atoms with Crippen LogP contribution in [0.3, 0.4) is 0 Å². The molecule has 0 amide bonds. The van der Waals surface area contributed by atoms with Gasteiger partial charge >= 0.3 is 0 Å². The van der Waals surface area contributed by atoms with Crippen molar-refractivity contribution < 1.29 is 0 Å². The van der Waals surface area contributed by atoms with E-state index in [0.717, 1.165) is 59.2 Å². The lowest BCUT2D eigenvalue weighted by Gasteiger charge is -2.42. The lowest BCUT2D eigenvalue weighted by molar-refractivity contribution is 0.0997. The molecule has 0 unspecified atom stereocenters. The first-order valence-corrected chi connectivity index (χ1v) is 17.9. The van der Waals surface area contributed by atoms with Crippen molar-refractivity contribution in [2.45, 2.75) is 148 Å². The van der Waals surface area contributed by atoms with Crippen molar-refractivity contribution in [3.63, 3.8) is 0 Å². The molecule has 35 heavy (non-hydrogen) atoms. The maximum Gasteiger partial charge on any atom is 0.00596 e. The van der Waals surface area contributed by atoms with E-state index in [-0.39, 0.29) is 0 Å². The fraction of sp³-hybridized carbons (Fsp3) is 1.00. The molecule has 202 valence electrons. The highest BCUT2D eigenvalue weighted by Gasteiger charge is 2.35. The minimum Gasteiger partial charge on any atom is -0.0925 e. The van der Waals surface area contributed by atoms with Gasteiger partial charge in [0.05, 0.1) is 0 Å². The van der Waals surface area contributed by atoms with Crippen LogP contribution >= 0.6 is 15.9 Å². The predicted octanol–water partition coefficient (Wildman–Crippen LogP) is 11.2. The van der Waals surface area contributed by atoms with E-state index in [1.54, 1.807) is 89.9 Å². The molecule has 6 aliphatic carbocycles. The highest BCUT2D eigenvalue weighted by Crippen LogP contribution is 2.48. The Hall–Kier alpha value is 0.480. The molecule has 0 saturated heterocycles. The van der Waals surface area contributed by atoms with Crippen LogP contribution in [0.5, 0.6) is 0 Å². The number of halogens is 1. The Morgan fingerprint density at radius 2 is 0.629 bits per heavy atom. The van der Waals surface area contributed by atoms with Crippen LogP contribution < -0.4 is 0 Å². The molecule has 6 fully saturated rings. The smallest absolute Gasteiger partial charge is 0.00596 e. The second-order valence-corrected chi connectivity index (χ2v) is 15.3. The SMILES string of the molecule is BrCC1CCC(C2CCC(C3CCC3)CC2)CC1.CC1CCC(C2CCC(C3CCC3)CC2)CC1. The highest BCUT2D eigenvalue weighted by molar-refractivity contribution is 9.09. The van der Waals surface area contributed by atoms with Crippen LogP contribution in [0.25, 0.3) is 0 Å². The van der Waals surface area contributed by atoms with Crippen LogP contribution in [-0.4, -0.2) is 5.33 Å². The zero-order valence-corrected chi connectivity index (χ0v) is 25.0. The van der Waals surface area contributed by atoms with Gasteiger partial charge in [-0.25, -0.2) is 0 Å². The maximum atomic E-state index is 3.66. The normalized spacial score (nSPS) is 43.4. The molecular weight excluding hydrogens is 488 g/mol. The van der Waals surface area contributed by atoms with Crippen molar-refractivity contribution in [1.29, 1.82) is 0 Å². The number of hydrogen-bond donors (Lipinski definition) is 0. The van der Waals surface area contributed by atoms with Gasteiger partial charge in [-0.15, -0.1) is 0 Å². The van der Waals surface area contributed by atoms with Crippen molar-refractivity contribution in [2.75, 3.05) is 5.33 Å². The van der Waals surface area contributed by atoms with E-state index in [1.807, 2.05) is 0 Å². The molecule has 6 saturated carbocycles. The Labute approximate surface area is 228 Å². The molecule has 6 rings (SSSR count). The number of rotatable bonds is 5. The fourth-order valence-corrected chi connectivity index (χ4v) is 10.2. The molecular formula is C34H59Br. The molecule has 0 aliphatic heterocycles. The third-order valence-corrected chi connectivity index (χ3v) is 13.7. The van der Waals surface area contributed by atoms with Gasteiger partial charge in [0.25, 0.3) is 0 Å². The average Bonchev–Trinajstić information content (AvgIpc) is 2.84. The van der Waals surface area contributed by atoms with Crippen LogP contribution in [0.2, 0.25) is 0 Å². The van der Waals surface area contributed by atoms with Crippen molar-refractivity contribution in [3.8, 4) is 0 Å². The van der Waals surface area contributed by atoms with Crippen molar-refractivity contribution in [1.82, 2.24) is 0 Å². The van der Waals surface area contributed by atoms with E-state index >= 15 is 0 Å². The van der Waals surface area contributed by atoms with Gasteiger partial charge in [-0.2, -0.15) is 0 Å². The van der Waals surface area contributed by atoms with E-state index in [2.05, 4.69) is 22.9 Å². The van der Waals surface area contributed by atoms with E-state index in [0.29, 0.717) is 0 Å². The largest absolute Gasteiger partial charge is 0.0925 e. The number of alkyl halides is 1. The third-order valence-electron chi connectivity index (χ3n) is 12.8. The van der Waals surface area contributed by atoms with Crippen LogP contribution in [0, 0.1) is 59.2 Å². The van der Waals surface area contributed by atoms with Crippen molar-refractivity contribution in [2.24, 2.45) is 59.2 Å². The average molecular weight is 548 g/mol. The molecule has 0 aromatic rings. The molecule has 0 atom stereocenters. The Bertz CT molecular complexity index is 574. The first-order chi connectivity index (χ1) is 17.2. The molecule has 0 N–H and O–H groups in total. The molecule has 0 aromatic heterocycles. The van der Waals surface area contributed by atoms with Crippen molar-refractivity contribution in [3.05, 3.63) is 0 Å². The Kier molecular flexibility index (Phi) is 10.4. The van der Waals surface area contributed by atoms with Gasteiger partial charge in [0, 0.05) is 5.33 Å². The summed E-state index contributed by atoms with van der Waals surface area (Å²) < 4.78 is 0. The van der Waals surface area contributed by atoms with Gasteiger partial charge < -0.3 is 0 Å². The van der Waals surface area contributed by atoms with Crippen LogP contribution in [-0.2, 0) is 0 Å². The van der Waals surface area contributed by atoms with Gasteiger partial charge in [0.1, 0.15) is 0 Å². The van der Waals surface area contributed by atoms with Crippen LogP contribution in [0.1, 0.15) is 148 Å². The molecule has 0 radical (unpaired) electrons. The maximum absolute atomic E-state index is 3.66. The summed E-state index contributed by atoms with van der Waals surface area (Å²) in [7, 11) is 0. The van der Waals surface area contributed by atoms with Crippen LogP contribution in [0.15, 0.2) is 0 Å². The quantitative estimate of drug-likeness (QED) is 0.300. The minimum atomic E-state index is 0.993. The zero-order valence-electron chi connectivity index (χ0n) is 23.4. The first-order valence-electron chi connectivity index (χ1n) is 16.8. The molecule has 0 spiro atoms. The third kappa shape index (κ3) is 7.32. The molecule has 1 heteroatoms. The zero-order chi connectivity index (χ0) is 24.0. The monoisotopic (exact) mass is 546 g/mol. The predicted molar refractivity (Wildman–Crippen MR) is 156 cm³/mol. The van der Waals surface area contributed by atoms with E-state index in [9.17, 15) is 0 Å². The van der Waals surface area contributed by atoms with E-state index in [4.69, 9.17) is 0 Å².